The summed E-state index contributed by atoms with van der Waals surface area (Å²) in [5.41, 5.74) is 0.559. The third-order valence-corrected chi connectivity index (χ3v) is 2.47. The maximum absolute atomic E-state index is 10.2. The first-order valence-electron chi connectivity index (χ1n) is 2.85. The molecule has 6 heteroatoms. The molecule has 0 saturated carbocycles. The van der Waals surface area contributed by atoms with E-state index in [2.05, 4.69) is 4.99 Å². The minimum Gasteiger partial charge on any atom is -0.281 e. The number of thioether (sulfide) groups is 1. The zero-order valence-electron chi connectivity index (χ0n) is 6.60. The van der Waals surface area contributed by atoms with Gasteiger partial charge in [0.2, 0.25) is 0 Å². The molecule has 11 heavy (non-hydrogen) atoms. The van der Waals surface area contributed by atoms with Crippen LogP contribution in [0.25, 0.3) is 0 Å². The Hall–Kier alpha value is -0.0700. The Morgan fingerprint density at radius 1 is 1.55 bits per heavy atom. The Morgan fingerprint density at radius 2 is 2.00 bits per heavy atom. The lowest BCUT2D eigenvalue weighted by Crippen LogP contribution is -2.12. The van der Waals surface area contributed by atoms with Gasteiger partial charge in [-0.25, -0.2) is 0 Å². The van der Waals surface area contributed by atoms with Crippen LogP contribution in [0, 0.1) is 0 Å². The van der Waals surface area contributed by atoms with Gasteiger partial charge in [0, 0.05) is 0 Å². The van der Waals surface area contributed by atoms with Gasteiger partial charge in [0.15, 0.2) is 0 Å². The molecule has 0 amide bonds. The van der Waals surface area contributed by atoms with Crippen LogP contribution in [-0.2, 0) is 10.1 Å². The fraction of sp³-hybridized carbons (Fsp3) is 0.800. The lowest BCUT2D eigenvalue weighted by molar-refractivity contribution is 0.499. The molecule has 0 heterocycles. The molecule has 0 saturated heterocycles. The first kappa shape index (κ1) is 10.9. The van der Waals surface area contributed by atoms with Crippen molar-refractivity contribution in [3.8, 4) is 0 Å². The van der Waals surface area contributed by atoms with Crippen molar-refractivity contribution in [1.29, 1.82) is 0 Å². The standard InChI is InChI=1S/C5H11NO3S2/c1-5(2,10-3)6-4-11(7,8)9/h4H,1-3H3,(H,7,8,9)/b6-4-. The molecule has 0 aliphatic rings. The molecule has 0 aromatic carbocycles. The summed E-state index contributed by atoms with van der Waals surface area (Å²) in [6, 6.07) is 0. The van der Waals surface area contributed by atoms with E-state index in [0.717, 1.165) is 0 Å². The van der Waals surface area contributed by atoms with E-state index in [1.165, 1.54) is 11.8 Å². The molecule has 0 atom stereocenters. The molecule has 0 spiro atoms. The van der Waals surface area contributed by atoms with Gasteiger partial charge in [-0.3, -0.25) is 9.55 Å². The van der Waals surface area contributed by atoms with Crippen LogP contribution in [0.15, 0.2) is 4.99 Å². The third kappa shape index (κ3) is 6.33. The van der Waals surface area contributed by atoms with Crippen molar-refractivity contribution in [1.82, 2.24) is 0 Å². The van der Waals surface area contributed by atoms with Gasteiger partial charge in [-0.05, 0) is 20.1 Å². The van der Waals surface area contributed by atoms with Crippen molar-refractivity contribution in [3.05, 3.63) is 0 Å². The van der Waals surface area contributed by atoms with Gasteiger partial charge in [0.25, 0.3) is 0 Å². The third-order valence-electron chi connectivity index (χ3n) is 0.996. The maximum Gasteiger partial charge on any atom is 0.304 e. The molecule has 0 fully saturated rings. The molecule has 0 aliphatic carbocycles. The molecule has 0 radical (unpaired) electrons. The molecule has 0 unspecified atom stereocenters. The van der Waals surface area contributed by atoms with Crippen LogP contribution in [0.4, 0.5) is 0 Å². The number of nitrogens with zero attached hydrogens (tertiary/aromatic N) is 1. The van der Waals surface area contributed by atoms with Crippen LogP contribution < -0.4 is 0 Å². The highest BCUT2D eigenvalue weighted by atomic mass is 32.2. The molecule has 0 aromatic rings. The highest BCUT2D eigenvalue weighted by Crippen LogP contribution is 2.21. The van der Waals surface area contributed by atoms with Crippen LogP contribution in [-0.4, -0.2) is 29.6 Å². The number of rotatable bonds is 3. The van der Waals surface area contributed by atoms with Crippen LogP contribution in [0.5, 0.6) is 0 Å². The van der Waals surface area contributed by atoms with Gasteiger partial charge in [-0.1, -0.05) is 0 Å². The van der Waals surface area contributed by atoms with Crippen LogP contribution in [0.2, 0.25) is 0 Å². The summed E-state index contributed by atoms with van der Waals surface area (Å²) in [7, 11) is -4.07. The molecule has 66 valence electrons. The smallest absolute Gasteiger partial charge is 0.281 e. The molecule has 0 aromatic heterocycles. The van der Waals surface area contributed by atoms with Crippen molar-refractivity contribution >= 4 is 27.4 Å². The van der Waals surface area contributed by atoms with Crippen LogP contribution in [0.1, 0.15) is 13.8 Å². The van der Waals surface area contributed by atoms with E-state index in [0.29, 0.717) is 5.55 Å². The zero-order chi connectivity index (χ0) is 9.12. The quantitative estimate of drug-likeness (QED) is 0.416. The molecular weight excluding hydrogens is 186 g/mol. The summed E-state index contributed by atoms with van der Waals surface area (Å²) in [4.78, 5) is 3.14. The van der Waals surface area contributed by atoms with Crippen molar-refractivity contribution < 1.29 is 13.0 Å². The lowest BCUT2D eigenvalue weighted by Gasteiger charge is -2.14. The van der Waals surface area contributed by atoms with E-state index < -0.39 is 15.0 Å². The number of aliphatic imine (C=N–C) groups is 1. The monoisotopic (exact) mass is 197 g/mol. The summed E-state index contributed by atoms with van der Waals surface area (Å²) in [6.45, 7) is 3.50. The van der Waals surface area contributed by atoms with E-state index in [9.17, 15) is 8.42 Å². The molecule has 1 N–H and O–H groups in total. The van der Waals surface area contributed by atoms with E-state index >= 15 is 0 Å². The molecule has 0 bridgehead atoms. The molecule has 0 aliphatic heterocycles. The predicted octanol–water partition coefficient (Wildman–Crippen LogP) is 1.00. The lowest BCUT2D eigenvalue weighted by atomic mass is 10.4. The summed E-state index contributed by atoms with van der Waals surface area (Å²) in [6.07, 6.45) is 1.81. The highest BCUT2D eigenvalue weighted by molar-refractivity contribution is 8.00. The Labute approximate surface area is 70.8 Å². The molecule has 0 rings (SSSR count). The van der Waals surface area contributed by atoms with Crippen molar-refractivity contribution in [2.75, 3.05) is 6.26 Å². The van der Waals surface area contributed by atoms with Gasteiger partial charge in [-0.15, -0.1) is 11.8 Å². The second-order valence-electron chi connectivity index (χ2n) is 2.40. The minimum atomic E-state index is -4.07. The largest absolute Gasteiger partial charge is 0.304 e. The van der Waals surface area contributed by atoms with Crippen molar-refractivity contribution in [2.24, 2.45) is 4.99 Å². The van der Waals surface area contributed by atoms with Gasteiger partial charge in [0.1, 0.15) is 10.4 Å². The van der Waals surface area contributed by atoms with E-state index in [1.54, 1.807) is 20.1 Å². The fourth-order valence-corrected chi connectivity index (χ4v) is 0.868. The van der Waals surface area contributed by atoms with E-state index in [-0.39, 0.29) is 0 Å². The number of hydrogen-bond donors (Lipinski definition) is 1. The van der Waals surface area contributed by atoms with Crippen molar-refractivity contribution in [3.63, 3.8) is 0 Å². The Kier molecular flexibility index (Phi) is 3.53. The Balaban J connectivity index is 4.37. The summed E-state index contributed by atoms with van der Waals surface area (Å²) >= 11 is 1.39. The van der Waals surface area contributed by atoms with Gasteiger partial charge in [-0.2, -0.15) is 8.42 Å². The van der Waals surface area contributed by atoms with Crippen LogP contribution in [0.3, 0.4) is 0 Å². The topological polar surface area (TPSA) is 66.7 Å². The zero-order valence-corrected chi connectivity index (χ0v) is 8.24. The highest BCUT2D eigenvalue weighted by Gasteiger charge is 2.13. The summed E-state index contributed by atoms with van der Waals surface area (Å²) in [5.74, 6) is 0. The summed E-state index contributed by atoms with van der Waals surface area (Å²) in [5, 5.41) is 0. The first-order valence-corrected chi connectivity index (χ1v) is 5.57. The van der Waals surface area contributed by atoms with E-state index in [1.807, 2.05) is 0 Å². The van der Waals surface area contributed by atoms with Gasteiger partial charge >= 0.3 is 10.1 Å². The Bertz CT molecular complexity index is 242. The Morgan fingerprint density at radius 3 is 2.27 bits per heavy atom. The minimum absolute atomic E-state index is 0.504. The molecule has 4 nitrogen and oxygen atoms in total. The number of hydrogen-bond acceptors (Lipinski definition) is 4. The van der Waals surface area contributed by atoms with Crippen LogP contribution >= 0.6 is 11.8 Å². The summed E-state index contributed by atoms with van der Waals surface area (Å²) < 4.78 is 28.7. The molecular formula is C5H11NO3S2. The SMILES string of the molecule is CSC(C)(C)/N=C\S(=O)(=O)O. The average molecular weight is 197 g/mol. The first-order chi connectivity index (χ1) is 4.77. The second kappa shape index (κ2) is 3.55. The fourth-order valence-electron chi connectivity index (χ4n) is 0.246. The van der Waals surface area contributed by atoms with Gasteiger partial charge < -0.3 is 0 Å². The second-order valence-corrected chi connectivity index (χ2v) is 5.05. The van der Waals surface area contributed by atoms with E-state index in [4.69, 9.17) is 4.55 Å². The predicted molar refractivity (Wildman–Crippen MR) is 47.6 cm³/mol. The van der Waals surface area contributed by atoms with Crippen molar-refractivity contribution in [2.45, 2.75) is 18.7 Å². The van der Waals surface area contributed by atoms with Gasteiger partial charge in [0.05, 0.1) is 0 Å². The average Bonchev–Trinajstić information content (AvgIpc) is 1.83. The normalized spacial score (nSPS) is 14.2. The maximum atomic E-state index is 10.2.